The Bertz CT molecular complexity index is 164. The van der Waals surface area contributed by atoms with Gasteiger partial charge in [-0.05, 0) is 0 Å². The molecule has 50 valence electrons. The molecular formula is C6H10N2S. The van der Waals surface area contributed by atoms with Crippen molar-refractivity contribution in [2.75, 3.05) is 24.7 Å². The molecule has 0 unspecified atom stereocenters. The maximum absolute atomic E-state index is 3.07. The molecule has 3 heteroatoms. The topological polar surface area (TPSA) is 24.1 Å². The van der Waals surface area contributed by atoms with Gasteiger partial charge in [0.2, 0.25) is 0 Å². The molecule has 0 atom stereocenters. The molecule has 0 amide bonds. The predicted molar refractivity (Wildman–Crippen MR) is 43.4 cm³/mol. The van der Waals surface area contributed by atoms with E-state index in [1.54, 1.807) is 11.3 Å². The SMILES string of the molecule is CNc1cscc1NC. The van der Waals surface area contributed by atoms with E-state index < -0.39 is 0 Å². The average Bonchev–Trinajstić information content (AvgIpc) is 2.33. The summed E-state index contributed by atoms with van der Waals surface area (Å²) >= 11 is 1.69. The van der Waals surface area contributed by atoms with Gasteiger partial charge in [-0.15, -0.1) is 11.3 Å². The maximum Gasteiger partial charge on any atom is 0.0682 e. The minimum absolute atomic E-state index is 1.17. The molecular weight excluding hydrogens is 132 g/mol. The lowest BCUT2D eigenvalue weighted by atomic mass is 10.4. The molecule has 0 aliphatic rings. The van der Waals surface area contributed by atoms with Gasteiger partial charge in [0.15, 0.2) is 0 Å². The van der Waals surface area contributed by atoms with Crippen LogP contribution in [0, 0.1) is 0 Å². The first-order valence-corrected chi connectivity index (χ1v) is 3.74. The smallest absolute Gasteiger partial charge is 0.0682 e. The minimum atomic E-state index is 1.17. The predicted octanol–water partition coefficient (Wildman–Crippen LogP) is 1.83. The van der Waals surface area contributed by atoms with Crippen molar-refractivity contribution in [3.05, 3.63) is 10.8 Å². The van der Waals surface area contributed by atoms with E-state index >= 15 is 0 Å². The first kappa shape index (κ1) is 6.42. The number of rotatable bonds is 2. The van der Waals surface area contributed by atoms with Crippen LogP contribution in [-0.4, -0.2) is 14.1 Å². The van der Waals surface area contributed by atoms with E-state index in [4.69, 9.17) is 0 Å². The molecule has 0 saturated carbocycles. The highest BCUT2D eigenvalue weighted by Gasteiger charge is 1.95. The summed E-state index contributed by atoms with van der Waals surface area (Å²) in [6.45, 7) is 0. The molecule has 2 nitrogen and oxygen atoms in total. The summed E-state index contributed by atoms with van der Waals surface area (Å²) in [6, 6.07) is 0. The molecule has 2 N–H and O–H groups in total. The monoisotopic (exact) mass is 142 g/mol. The van der Waals surface area contributed by atoms with Crippen LogP contribution >= 0.6 is 11.3 Å². The van der Waals surface area contributed by atoms with Gasteiger partial charge < -0.3 is 10.6 Å². The van der Waals surface area contributed by atoms with Crippen LogP contribution in [0.3, 0.4) is 0 Å². The highest BCUT2D eigenvalue weighted by molar-refractivity contribution is 7.08. The highest BCUT2D eigenvalue weighted by atomic mass is 32.1. The van der Waals surface area contributed by atoms with Crippen LogP contribution in [0.25, 0.3) is 0 Å². The molecule has 1 heterocycles. The van der Waals surface area contributed by atoms with Crippen LogP contribution in [0.5, 0.6) is 0 Å². The van der Waals surface area contributed by atoms with Crippen LogP contribution in [0.15, 0.2) is 10.8 Å². The van der Waals surface area contributed by atoms with E-state index in [2.05, 4.69) is 21.4 Å². The third-order valence-electron chi connectivity index (χ3n) is 1.20. The first-order valence-electron chi connectivity index (χ1n) is 2.80. The van der Waals surface area contributed by atoms with E-state index in [0.29, 0.717) is 0 Å². The zero-order valence-corrected chi connectivity index (χ0v) is 6.38. The Balaban J connectivity index is 2.85. The van der Waals surface area contributed by atoms with Crippen LogP contribution < -0.4 is 10.6 Å². The molecule has 1 aromatic rings. The number of anilines is 2. The van der Waals surface area contributed by atoms with Gasteiger partial charge in [-0.25, -0.2) is 0 Å². The van der Waals surface area contributed by atoms with E-state index in [9.17, 15) is 0 Å². The Hall–Kier alpha value is -0.700. The van der Waals surface area contributed by atoms with E-state index in [0.717, 1.165) is 0 Å². The summed E-state index contributed by atoms with van der Waals surface area (Å²) in [5.74, 6) is 0. The summed E-state index contributed by atoms with van der Waals surface area (Å²) in [5.41, 5.74) is 2.34. The van der Waals surface area contributed by atoms with Crippen LogP contribution in [0.1, 0.15) is 0 Å². The van der Waals surface area contributed by atoms with Gasteiger partial charge in [-0.3, -0.25) is 0 Å². The van der Waals surface area contributed by atoms with Crippen LogP contribution in [0.4, 0.5) is 11.4 Å². The fourth-order valence-corrected chi connectivity index (χ4v) is 1.51. The summed E-state index contributed by atoms with van der Waals surface area (Å²) in [5, 5.41) is 10.3. The molecule has 1 aromatic heterocycles. The normalized spacial score (nSPS) is 9.11. The quantitative estimate of drug-likeness (QED) is 0.658. The summed E-state index contributed by atoms with van der Waals surface area (Å²) in [6.07, 6.45) is 0. The lowest BCUT2D eigenvalue weighted by molar-refractivity contribution is 1.49. The van der Waals surface area contributed by atoms with E-state index in [-0.39, 0.29) is 0 Å². The maximum atomic E-state index is 3.07. The number of nitrogens with one attached hydrogen (secondary N) is 2. The van der Waals surface area contributed by atoms with Crippen LogP contribution in [0.2, 0.25) is 0 Å². The van der Waals surface area contributed by atoms with Crippen molar-refractivity contribution in [1.29, 1.82) is 0 Å². The number of hydrogen-bond donors (Lipinski definition) is 2. The zero-order valence-electron chi connectivity index (χ0n) is 5.56. The molecule has 0 bridgehead atoms. The summed E-state index contributed by atoms with van der Waals surface area (Å²) in [4.78, 5) is 0. The number of hydrogen-bond acceptors (Lipinski definition) is 3. The standard InChI is InChI=1S/C6H10N2S/c1-7-5-3-9-4-6(5)8-2/h3-4,7-8H,1-2H3. The van der Waals surface area contributed by atoms with Crippen molar-refractivity contribution in [2.24, 2.45) is 0 Å². The fourth-order valence-electron chi connectivity index (χ4n) is 0.684. The van der Waals surface area contributed by atoms with Crippen molar-refractivity contribution in [2.45, 2.75) is 0 Å². The Morgan fingerprint density at radius 1 is 1.11 bits per heavy atom. The first-order chi connectivity index (χ1) is 4.38. The highest BCUT2D eigenvalue weighted by Crippen LogP contribution is 2.24. The van der Waals surface area contributed by atoms with Crippen molar-refractivity contribution in [3.63, 3.8) is 0 Å². The van der Waals surface area contributed by atoms with Crippen molar-refractivity contribution in [3.8, 4) is 0 Å². The Labute approximate surface area is 58.9 Å². The van der Waals surface area contributed by atoms with Crippen molar-refractivity contribution < 1.29 is 0 Å². The largest absolute Gasteiger partial charge is 0.386 e. The van der Waals surface area contributed by atoms with Gasteiger partial charge in [-0.1, -0.05) is 0 Å². The molecule has 0 aromatic carbocycles. The van der Waals surface area contributed by atoms with E-state index in [1.807, 2.05) is 14.1 Å². The molecule has 0 radical (unpaired) electrons. The average molecular weight is 142 g/mol. The van der Waals surface area contributed by atoms with E-state index in [1.165, 1.54) is 11.4 Å². The van der Waals surface area contributed by atoms with Gasteiger partial charge in [0.05, 0.1) is 11.4 Å². The fraction of sp³-hybridized carbons (Fsp3) is 0.333. The molecule has 0 fully saturated rings. The third-order valence-corrected chi connectivity index (χ3v) is 1.94. The lowest BCUT2D eigenvalue weighted by Gasteiger charge is -1.99. The Kier molecular flexibility index (Phi) is 1.95. The second kappa shape index (κ2) is 2.73. The lowest BCUT2D eigenvalue weighted by Crippen LogP contribution is -1.91. The molecule has 0 saturated heterocycles. The van der Waals surface area contributed by atoms with Gasteiger partial charge >= 0.3 is 0 Å². The van der Waals surface area contributed by atoms with Gasteiger partial charge in [-0.2, -0.15) is 0 Å². The van der Waals surface area contributed by atoms with Crippen molar-refractivity contribution >= 4 is 22.7 Å². The Morgan fingerprint density at radius 2 is 1.56 bits per heavy atom. The minimum Gasteiger partial charge on any atom is -0.386 e. The third kappa shape index (κ3) is 1.16. The van der Waals surface area contributed by atoms with Crippen molar-refractivity contribution in [1.82, 2.24) is 0 Å². The summed E-state index contributed by atoms with van der Waals surface area (Å²) < 4.78 is 0. The van der Waals surface area contributed by atoms with Gasteiger partial charge in [0, 0.05) is 24.9 Å². The molecule has 0 spiro atoms. The second-order valence-corrected chi connectivity index (χ2v) is 2.44. The molecule has 0 aliphatic heterocycles. The van der Waals surface area contributed by atoms with Gasteiger partial charge in [0.25, 0.3) is 0 Å². The summed E-state index contributed by atoms with van der Waals surface area (Å²) in [7, 11) is 3.84. The van der Waals surface area contributed by atoms with Gasteiger partial charge in [0.1, 0.15) is 0 Å². The Morgan fingerprint density at radius 3 is 1.89 bits per heavy atom. The molecule has 9 heavy (non-hydrogen) atoms. The molecule has 1 rings (SSSR count). The second-order valence-electron chi connectivity index (χ2n) is 1.70. The van der Waals surface area contributed by atoms with Crippen LogP contribution in [-0.2, 0) is 0 Å². The number of thiophene rings is 1. The molecule has 0 aliphatic carbocycles. The zero-order chi connectivity index (χ0) is 6.69.